The highest BCUT2D eigenvalue weighted by Crippen LogP contribution is 2.24. The molecule has 1 fully saturated rings. The number of carbonyl (C=O) groups excluding carboxylic acids is 2. The van der Waals surface area contributed by atoms with E-state index in [0.717, 1.165) is 5.69 Å². The maximum Gasteiger partial charge on any atom is 0.251 e. The summed E-state index contributed by atoms with van der Waals surface area (Å²) in [4.78, 5) is 24.4. The van der Waals surface area contributed by atoms with Crippen molar-refractivity contribution in [3.05, 3.63) is 29.8 Å². The number of rotatable bonds is 2. The van der Waals surface area contributed by atoms with Crippen molar-refractivity contribution in [3.8, 4) is 0 Å². The number of anilines is 1. The Morgan fingerprint density at radius 2 is 1.74 bits per heavy atom. The van der Waals surface area contributed by atoms with Gasteiger partial charge in [-0.25, -0.2) is 0 Å². The van der Waals surface area contributed by atoms with Crippen molar-refractivity contribution < 1.29 is 9.59 Å². The highest BCUT2D eigenvalue weighted by atomic mass is 16.2. The second kappa shape index (κ2) is 4.68. The fraction of sp³-hybridized carbons (Fsp3) is 0.467. The minimum atomic E-state index is -0.432. The predicted molar refractivity (Wildman–Crippen MR) is 74.9 cm³/mol. The van der Waals surface area contributed by atoms with Crippen LogP contribution in [0.1, 0.15) is 32.8 Å². The van der Waals surface area contributed by atoms with Gasteiger partial charge in [-0.1, -0.05) is 32.9 Å². The summed E-state index contributed by atoms with van der Waals surface area (Å²) in [6.07, 6.45) is 0.232. The molecule has 1 heterocycles. The average Bonchev–Trinajstić information content (AvgIpc) is 2.57. The summed E-state index contributed by atoms with van der Waals surface area (Å²) in [7, 11) is 1.52. The van der Waals surface area contributed by atoms with Gasteiger partial charge in [-0.2, -0.15) is 0 Å². The van der Waals surface area contributed by atoms with Crippen molar-refractivity contribution in [3.63, 3.8) is 0 Å². The van der Waals surface area contributed by atoms with Gasteiger partial charge in [0.05, 0.1) is 6.42 Å². The molecule has 1 aliphatic heterocycles. The van der Waals surface area contributed by atoms with Crippen LogP contribution in [-0.2, 0) is 15.0 Å². The normalized spacial score (nSPS) is 20.0. The first-order chi connectivity index (χ1) is 8.79. The van der Waals surface area contributed by atoms with E-state index in [2.05, 4.69) is 26.1 Å². The van der Waals surface area contributed by atoms with Crippen LogP contribution in [0.4, 0.5) is 5.69 Å². The van der Waals surface area contributed by atoms with E-state index < -0.39 is 6.04 Å². The number of likely N-dealkylation sites (tertiary alicyclic amines) is 1. The molecule has 1 atom stereocenters. The topological polar surface area (TPSA) is 49.4 Å². The molecule has 1 saturated heterocycles. The predicted octanol–water partition coefficient (Wildman–Crippen LogP) is 2.15. The van der Waals surface area contributed by atoms with Crippen molar-refractivity contribution in [1.82, 2.24) is 4.90 Å². The van der Waals surface area contributed by atoms with Crippen LogP contribution in [-0.4, -0.2) is 29.8 Å². The highest BCUT2D eigenvalue weighted by molar-refractivity contribution is 6.06. The number of carbonyl (C=O) groups is 2. The number of imide groups is 1. The smallest absolute Gasteiger partial charge is 0.251 e. The van der Waals surface area contributed by atoms with Gasteiger partial charge in [0.25, 0.3) is 5.91 Å². The second-order valence-electron chi connectivity index (χ2n) is 6.02. The summed E-state index contributed by atoms with van der Waals surface area (Å²) < 4.78 is 0. The zero-order chi connectivity index (χ0) is 14.2. The van der Waals surface area contributed by atoms with Crippen LogP contribution in [0.15, 0.2) is 24.3 Å². The van der Waals surface area contributed by atoms with Gasteiger partial charge in [0.1, 0.15) is 6.04 Å². The highest BCUT2D eigenvalue weighted by Gasteiger charge is 2.35. The van der Waals surface area contributed by atoms with Crippen LogP contribution < -0.4 is 5.32 Å². The van der Waals surface area contributed by atoms with Gasteiger partial charge in [-0.05, 0) is 23.1 Å². The Labute approximate surface area is 113 Å². The monoisotopic (exact) mass is 260 g/mol. The Morgan fingerprint density at radius 3 is 2.16 bits per heavy atom. The SMILES string of the molecule is CN1C(=O)CC(Nc2ccc(C(C)(C)C)cc2)C1=O. The standard InChI is InChI=1S/C15H20N2O2/c1-15(2,3)10-5-7-11(8-6-10)16-12-9-13(18)17(4)14(12)19/h5-8,12,16H,9H2,1-4H3. The van der Waals surface area contributed by atoms with Crippen molar-refractivity contribution in [1.29, 1.82) is 0 Å². The summed E-state index contributed by atoms with van der Waals surface area (Å²) in [6.45, 7) is 6.47. The zero-order valence-electron chi connectivity index (χ0n) is 11.9. The number of nitrogens with zero attached hydrogens (tertiary/aromatic N) is 1. The molecule has 2 rings (SSSR count). The van der Waals surface area contributed by atoms with E-state index in [1.165, 1.54) is 17.5 Å². The molecule has 0 bridgehead atoms. The Kier molecular flexibility index (Phi) is 3.35. The molecule has 4 heteroatoms. The van der Waals surface area contributed by atoms with E-state index in [1.807, 2.05) is 24.3 Å². The Bertz CT molecular complexity index is 500. The third kappa shape index (κ3) is 2.78. The fourth-order valence-electron chi connectivity index (χ4n) is 2.14. The lowest BCUT2D eigenvalue weighted by Gasteiger charge is -2.20. The van der Waals surface area contributed by atoms with Gasteiger partial charge in [-0.15, -0.1) is 0 Å². The van der Waals surface area contributed by atoms with Crippen LogP contribution in [0.3, 0.4) is 0 Å². The van der Waals surface area contributed by atoms with Gasteiger partial charge in [-0.3, -0.25) is 14.5 Å². The van der Waals surface area contributed by atoms with Crippen LogP contribution >= 0.6 is 0 Å². The number of likely N-dealkylation sites (N-methyl/N-ethyl adjacent to an activating group) is 1. The number of hydrogen-bond donors (Lipinski definition) is 1. The number of hydrogen-bond acceptors (Lipinski definition) is 3. The van der Waals surface area contributed by atoms with E-state index in [1.54, 1.807) is 0 Å². The van der Waals surface area contributed by atoms with E-state index in [0.29, 0.717) is 0 Å². The maximum atomic E-state index is 11.8. The third-order valence-electron chi connectivity index (χ3n) is 3.47. The summed E-state index contributed by atoms with van der Waals surface area (Å²) in [5.41, 5.74) is 2.22. The Morgan fingerprint density at radius 1 is 1.16 bits per heavy atom. The largest absolute Gasteiger partial charge is 0.373 e. The molecule has 0 aromatic heterocycles. The molecule has 1 aromatic rings. The van der Waals surface area contributed by atoms with Crippen molar-refractivity contribution in [2.75, 3.05) is 12.4 Å². The summed E-state index contributed by atoms with van der Waals surface area (Å²) in [6, 6.07) is 7.58. The summed E-state index contributed by atoms with van der Waals surface area (Å²) >= 11 is 0. The molecule has 1 unspecified atom stereocenters. The number of amides is 2. The number of nitrogens with one attached hydrogen (secondary N) is 1. The van der Waals surface area contributed by atoms with Crippen LogP contribution in [0, 0.1) is 0 Å². The van der Waals surface area contributed by atoms with Gasteiger partial charge in [0, 0.05) is 12.7 Å². The molecule has 4 nitrogen and oxygen atoms in total. The molecule has 0 radical (unpaired) electrons. The lowest BCUT2D eigenvalue weighted by molar-refractivity contribution is -0.136. The van der Waals surface area contributed by atoms with Crippen LogP contribution in [0.2, 0.25) is 0 Å². The third-order valence-corrected chi connectivity index (χ3v) is 3.47. The molecule has 1 aromatic carbocycles. The first-order valence-corrected chi connectivity index (χ1v) is 6.46. The molecule has 19 heavy (non-hydrogen) atoms. The van der Waals surface area contributed by atoms with E-state index in [9.17, 15) is 9.59 Å². The second-order valence-corrected chi connectivity index (χ2v) is 6.02. The molecule has 0 saturated carbocycles. The lowest BCUT2D eigenvalue weighted by atomic mass is 9.87. The molecule has 1 N–H and O–H groups in total. The van der Waals surface area contributed by atoms with Gasteiger partial charge in [0.15, 0.2) is 0 Å². The van der Waals surface area contributed by atoms with Gasteiger partial charge >= 0.3 is 0 Å². The van der Waals surface area contributed by atoms with E-state index in [4.69, 9.17) is 0 Å². The molecular weight excluding hydrogens is 240 g/mol. The fourth-order valence-corrected chi connectivity index (χ4v) is 2.14. The molecule has 2 amide bonds. The minimum absolute atomic E-state index is 0.109. The lowest BCUT2D eigenvalue weighted by Crippen LogP contribution is -2.31. The summed E-state index contributed by atoms with van der Waals surface area (Å²) in [5, 5.41) is 3.12. The Hall–Kier alpha value is -1.84. The summed E-state index contributed by atoms with van der Waals surface area (Å²) in [5.74, 6) is -0.293. The van der Waals surface area contributed by atoms with Crippen molar-refractivity contribution >= 4 is 17.5 Å². The molecule has 0 aliphatic carbocycles. The number of benzene rings is 1. The first-order valence-electron chi connectivity index (χ1n) is 6.46. The molecule has 1 aliphatic rings. The van der Waals surface area contributed by atoms with Gasteiger partial charge in [0.2, 0.25) is 5.91 Å². The van der Waals surface area contributed by atoms with E-state index in [-0.39, 0.29) is 23.7 Å². The average molecular weight is 260 g/mol. The minimum Gasteiger partial charge on any atom is -0.373 e. The van der Waals surface area contributed by atoms with Gasteiger partial charge < -0.3 is 5.32 Å². The van der Waals surface area contributed by atoms with Crippen LogP contribution in [0.25, 0.3) is 0 Å². The van der Waals surface area contributed by atoms with Crippen molar-refractivity contribution in [2.24, 2.45) is 0 Å². The van der Waals surface area contributed by atoms with Crippen LogP contribution in [0.5, 0.6) is 0 Å². The van der Waals surface area contributed by atoms with E-state index >= 15 is 0 Å². The Balaban J connectivity index is 2.09. The maximum absolute atomic E-state index is 11.8. The molecule has 0 spiro atoms. The first kappa shape index (κ1) is 13.6. The molecular formula is C15H20N2O2. The quantitative estimate of drug-likeness (QED) is 0.829. The van der Waals surface area contributed by atoms with Crippen molar-refractivity contribution in [2.45, 2.75) is 38.6 Å². The molecule has 102 valence electrons. The zero-order valence-corrected chi connectivity index (χ0v) is 11.9.